The van der Waals surface area contributed by atoms with Crippen LogP contribution >= 0.6 is 11.3 Å². The maximum Gasteiger partial charge on any atom is 0.168 e. The average molecular weight is 195 g/mol. The molecule has 1 aliphatic rings. The zero-order chi connectivity index (χ0) is 9.26. The van der Waals surface area contributed by atoms with Crippen molar-refractivity contribution >= 4 is 17.1 Å². The lowest BCUT2D eigenvalue weighted by Gasteiger charge is -2.05. The molecule has 3 heteroatoms. The van der Waals surface area contributed by atoms with Gasteiger partial charge in [0.05, 0.1) is 0 Å². The third kappa shape index (κ3) is 1.67. The topological polar surface area (TPSA) is 29.1 Å². The summed E-state index contributed by atoms with van der Waals surface area (Å²) in [7, 11) is 0. The van der Waals surface area contributed by atoms with E-state index in [1.165, 1.54) is 0 Å². The molecule has 13 heavy (non-hydrogen) atoms. The number of carbonyl (C=O) groups excluding carboxylic acids is 1. The molecule has 1 aliphatic heterocycles. The summed E-state index contributed by atoms with van der Waals surface area (Å²) >= 11 is 1.65. The van der Waals surface area contributed by atoms with Gasteiger partial charge in [0, 0.05) is 22.9 Å². The van der Waals surface area contributed by atoms with Crippen molar-refractivity contribution in [2.45, 2.75) is 13.3 Å². The van der Waals surface area contributed by atoms with Crippen molar-refractivity contribution < 1.29 is 4.79 Å². The van der Waals surface area contributed by atoms with Crippen molar-refractivity contribution in [3.05, 3.63) is 21.9 Å². The fourth-order valence-electron chi connectivity index (χ4n) is 1.74. The molecule has 1 saturated heterocycles. The molecule has 0 bridgehead atoms. The summed E-state index contributed by atoms with van der Waals surface area (Å²) in [6, 6.07) is 1.95. The molecule has 0 amide bonds. The summed E-state index contributed by atoms with van der Waals surface area (Å²) < 4.78 is 0. The van der Waals surface area contributed by atoms with Crippen molar-refractivity contribution in [1.82, 2.24) is 5.32 Å². The smallest absolute Gasteiger partial charge is 0.168 e. The minimum atomic E-state index is 0.216. The first-order valence-electron chi connectivity index (χ1n) is 4.58. The van der Waals surface area contributed by atoms with Gasteiger partial charge in [-0.2, -0.15) is 0 Å². The first-order valence-corrected chi connectivity index (χ1v) is 5.46. The molecule has 2 heterocycles. The van der Waals surface area contributed by atoms with E-state index in [0.717, 1.165) is 30.0 Å². The number of nitrogens with one attached hydrogen (secondary N) is 1. The quantitative estimate of drug-likeness (QED) is 0.730. The monoisotopic (exact) mass is 195 g/mol. The molecule has 0 radical (unpaired) electrons. The second-order valence-corrected chi connectivity index (χ2v) is 4.56. The molecule has 2 rings (SSSR count). The van der Waals surface area contributed by atoms with Crippen LogP contribution in [0.15, 0.2) is 11.4 Å². The normalized spacial score (nSPS) is 22.1. The molecule has 0 aromatic carbocycles. The van der Waals surface area contributed by atoms with Crippen molar-refractivity contribution in [3.63, 3.8) is 0 Å². The Morgan fingerprint density at radius 1 is 1.69 bits per heavy atom. The van der Waals surface area contributed by atoms with E-state index in [-0.39, 0.29) is 5.92 Å². The Labute approximate surface area is 82.0 Å². The Morgan fingerprint density at radius 2 is 2.54 bits per heavy atom. The maximum atomic E-state index is 11.9. The minimum Gasteiger partial charge on any atom is -0.316 e. The maximum absolute atomic E-state index is 11.9. The Morgan fingerprint density at radius 3 is 3.08 bits per heavy atom. The highest BCUT2D eigenvalue weighted by atomic mass is 32.1. The number of aryl methyl sites for hydroxylation is 1. The number of Topliss-reactive ketones (excluding diaryl/α,β-unsaturated/α-hetero) is 1. The second-order valence-electron chi connectivity index (χ2n) is 3.44. The van der Waals surface area contributed by atoms with Gasteiger partial charge in [0.25, 0.3) is 0 Å². The predicted molar refractivity (Wildman–Crippen MR) is 54.4 cm³/mol. The molecule has 1 fully saturated rings. The third-order valence-electron chi connectivity index (χ3n) is 2.56. The molecule has 1 aromatic rings. The molecule has 1 aromatic heterocycles. The standard InChI is InChI=1S/C10H13NOS/c1-7-9(3-5-13-7)10(12)8-2-4-11-6-8/h3,5,8,11H,2,4,6H2,1H3. The van der Waals surface area contributed by atoms with E-state index in [9.17, 15) is 4.79 Å². The Balaban J connectivity index is 2.17. The molecule has 0 spiro atoms. The van der Waals surface area contributed by atoms with E-state index < -0.39 is 0 Å². The molecular weight excluding hydrogens is 182 g/mol. The van der Waals surface area contributed by atoms with E-state index >= 15 is 0 Å². The molecule has 1 atom stereocenters. The van der Waals surface area contributed by atoms with Crippen LogP contribution < -0.4 is 5.32 Å². The number of rotatable bonds is 2. The Bertz CT molecular complexity index is 312. The SMILES string of the molecule is Cc1sccc1C(=O)C1CCNC1. The summed E-state index contributed by atoms with van der Waals surface area (Å²) in [6.07, 6.45) is 0.994. The van der Waals surface area contributed by atoms with Gasteiger partial charge in [-0.3, -0.25) is 4.79 Å². The highest BCUT2D eigenvalue weighted by Crippen LogP contribution is 2.21. The van der Waals surface area contributed by atoms with Gasteiger partial charge in [-0.25, -0.2) is 0 Å². The fourth-order valence-corrected chi connectivity index (χ4v) is 2.44. The number of hydrogen-bond acceptors (Lipinski definition) is 3. The van der Waals surface area contributed by atoms with Crippen molar-refractivity contribution in [2.24, 2.45) is 5.92 Å². The zero-order valence-corrected chi connectivity index (χ0v) is 8.49. The van der Waals surface area contributed by atoms with E-state index in [1.54, 1.807) is 11.3 Å². The molecule has 70 valence electrons. The summed E-state index contributed by atoms with van der Waals surface area (Å²) in [5, 5.41) is 5.21. The lowest BCUT2D eigenvalue weighted by molar-refractivity contribution is 0.0930. The van der Waals surface area contributed by atoms with E-state index in [0.29, 0.717) is 5.78 Å². The zero-order valence-electron chi connectivity index (χ0n) is 7.67. The van der Waals surface area contributed by atoms with Crippen LogP contribution in [0, 0.1) is 12.8 Å². The molecule has 2 nitrogen and oxygen atoms in total. The van der Waals surface area contributed by atoms with Crippen LogP contribution in [0.3, 0.4) is 0 Å². The minimum absolute atomic E-state index is 0.216. The first-order chi connectivity index (χ1) is 6.29. The van der Waals surface area contributed by atoms with Gasteiger partial charge < -0.3 is 5.32 Å². The molecule has 1 N–H and O–H groups in total. The summed E-state index contributed by atoms with van der Waals surface area (Å²) in [5.74, 6) is 0.539. The van der Waals surface area contributed by atoms with Crippen LogP contribution in [-0.4, -0.2) is 18.9 Å². The predicted octanol–water partition coefficient (Wildman–Crippen LogP) is 1.85. The highest BCUT2D eigenvalue weighted by molar-refractivity contribution is 7.10. The van der Waals surface area contributed by atoms with E-state index in [4.69, 9.17) is 0 Å². The Hall–Kier alpha value is -0.670. The summed E-state index contributed by atoms with van der Waals surface area (Å²) in [5.41, 5.74) is 0.929. The van der Waals surface area contributed by atoms with Gasteiger partial charge in [0.1, 0.15) is 0 Å². The third-order valence-corrected chi connectivity index (χ3v) is 3.40. The van der Waals surface area contributed by atoms with Crippen LogP contribution in [0.2, 0.25) is 0 Å². The van der Waals surface area contributed by atoms with Gasteiger partial charge in [0.15, 0.2) is 5.78 Å². The molecular formula is C10H13NOS. The Kier molecular flexibility index (Phi) is 2.47. The number of ketones is 1. The second kappa shape index (κ2) is 3.60. The molecule has 1 unspecified atom stereocenters. The van der Waals surface area contributed by atoms with E-state index in [1.807, 2.05) is 18.4 Å². The first kappa shape index (κ1) is 8.91. The summed E-state index contributed by atoms with van der Waals surface area (Å²) in [4.78, 5) is 13.0. The number of carbonyl (C=O) groups is 1. The number of thiophene rings is 1. The molecule has 0 aliphatic carbocycles. The van der Waals surface area contributed by atoms with Crippen LogP contribution in [0.4, 0.5) is 0 Å². The lowest BCUT2D eigenvalue weighted by atomic mass is 9.98. The van der Waals surface area contributed by atoms with Gasteiger partial charge in [-0.1, -0.05) is 0 Å². The van der Waals surface area contributed by atoms with Crippen LogP contribution in [-0.2, 0) is 0 Å². The van der Waals surface area contributed by atoms with Crippen LogP contribution in [0.5, 0.6) is 0 Å². The van der Waals surface area contributed by atoms with Crippen molar-refractivity contribution in [1.29, 1.82) is 0 Å². The van der Waals surface area contributed by atoms with Crippen LogP contribution in [0.25, 0.3) is 0 Å². The molecule has 0 saturated carbocycles. The number of hydrogen-bond donors (Lipinski definition) is 1. The lowest BCUT2D eigenvalue weighted by Crippen LogP contribution is -2.17. The van der Waals surface area contributed by atoms with Gasteiger partial charge >= 0.3 is 0 Å². The summed E-state index contributed by atoms with van der Waals surface area (Å²) in [6.45, 7) is 3.86. The van der Waals surface area contributed by atoms with Gasteiger partial charge in [0.2, 0.25) is 0 Å². The van der Waals surface area contributed by atoms with Gasteiger partial charge in [-0.15, -0.1) is 11.3 Å². The van der Waals surface area contributed by atoms with Crippen molar-refractivity contribution in [2.75, 3.05) is 13.1 Å². The van der Waals surface area contributed by atoms with Crippen LogP contribution in [0.1, 0.15) is 21.7 Å². The van der Waals surface area contributed by atoms with E-state index in [2.05, 4.69) is 5.32 Å². The van der Waals surface area contributed by atoms with Crippen molar-refractivity contribution in [3.8, 4) is 0 Å². The average Bonchev–Trinajstić information content (AvgIpc) is 2.72. The van der Waals surface area contributed by atoms with Gasteiger partial charge in [-0.05, 0) is 31.3 Å². The highest BCUT2D eigenvalue weighted by Gasteiger charge is 2.24. The largest absolute Gasteiger partial charge is 0.316 e. The fraction of sp³-hybridized carbons (Fsp3) is 0.500.